The van der Waals surface area contributed by atoms with Gasteiger partial charge in [-0.3, -0.25) is 9.59 Å². The lowest BCUT2D eigenvalue weighted by Crippen LogP contribution is -2.48. The number of hydrogen-bond acceptors (Lipinski definition) is 6. The van der Waals surface area contributed by atoms with E-state index < -0.39 is 16.0 Å². The molecule has 0 unspecified atom stereocenters. The van der Waals surface area contributed by atoms with Crippen molar-refractivity contribution in [3.05, 3.63) is 29.8 Å². The summed E-state index contributed by atoms with van der Waals surface area (Å²) < 4.78 is 31.6. The fourth-order valence-electron chi connectivity index (χ4n) is 2.69. The molecular weight excluding hydrogens is 344 g/mol. The molecule has 1 aromatic carbocycles. The SMILES string of the molecule is CCOC(=O)CC(=O)c1ccc(S(=O)(=O)N2CCN(CC)CC2)cc1. The van der Waals surface area contributed by atoms with Crippen LogP contribution in [0.5, 0.6) is 0 Å². The van der Waals surface area contributed by atoms with Gasteiger partial charge in [-0.05, 0) is 25.6 Å². The number of hydrogen-bond donors (Lipinski definition) is 0. The standard InChI is InChI=1S/C17H24N2O5S/c1-3-18-9-11-19(12-10-18)25(22,23)15-7-5-14(6-8-15)16(20)13-17(21)24-4-2/h5-8H,3-4,9-13H2,1-2H3. The number of ether oxygens (including phenoxy) is 1. The smallest absolute Gasteiger partial charge is 0.313 e. The molecule has 0 saturated carbocycles. The largest absolute Gasteiger partial charge is 0.466 e. The first-order chi connectivity index (χ1) is 11.9. The zero-order valence-electron chi connectivity index (χ0n) is 14.6. The molecule has 1 aromatic rings. The van der Waals surface area contributed by atoms with Gasteiger partial charge in [0, 0.05) is 31.7 Å². The van der Waals surface area contributed by atoms with Crippen molar-refractivity contribution in [1.29, 1.82) is 0 Å². The maximum Gasteiger partial charge on any atom is 0.313 e. The second kappa shape index (κ2) is 8.55. The number of likely N-dealkylation sites (N-methyl/N-ethyl adjacent to an activating group) is 1. The van der Waals surface area contributed by atoms with Gasteiger partial charge in [0.1, 0.15) is 6.42 Å². The zero-order chi connectivity index (χ0) is 18.4. The lowest BCUT2D eigenvalue weighted by molar-refractivity contribution is -0.141. The van der Waals surface area contributed by atoms with Gasteiger partial charge < -0.3 is 9.64 Å². The highest BCUT2D eigenvalue weighted by molar-refractivity contribution is 7.89. The fraction of sp³-hybridized carbons (Fsp3) is 0.529. The molecule has 0 atom stereocenters. The van der Waals surface area contributed by atoms with E-state index in [1.165, 1.54) is 28.6 Å². The summed E-state index contributed by atoms with van der Waals surface area (Å²) in [6.45, 7) is 7.19. The highest BCUT2D eigenvalue weighted by Crippen LogP contribution is 2.19. The van der Waals surface area contributed by atoms with E-state index in [2.05, 4.69) is 11.8 Å². The predicted octanol–water partition coefficient (Wildman–Crippen LogP) is 1.15. The van der Waals surface area contributed by atoms with E-state index in [1.807, 2.05) is 0 Å². The van der Waals surface area contributed by atoms with Crippen LogP contribution >= 0.6 is 0 Å². The Bertz CT molecular complexity index is 707. The Balaban J connectivity index is 2.06. The molecule has 1 fully saturated rings. The van der Waals surface area contributed by atoms with Crippen molar-refractivity contribution in [3.63, 3.8) is 0 Å². The molecule has 7 nitrogen and oxygen atoms in total. The molecule has 138 valence electrons. The van der Waals surface area contributed by atoms with E-state index in [0.717, 1.165) is 6.54 Å². The summed E-state index contributed by atoms with van der Waals surface area (Å²) in [5, 5.41) is 0. The van der Waals surface area contributed by atoms with Gasteiger partial charge in [0.15, 0.2) is 5.78 Å². The monoisotopic (exact) mass is 368 g/mol. The van der Waals surface area contributed by atoms with Gasteiger partial charge in [-0.15, -0.1) is 0 Å². The summed E-state index contributed by atoms with van der Waals surface area (Å²) in [7, 11) is -3.56. The molecule has 0 N–H and O–H groups in total. The molecule has 0 radical (unpaired) electrons. The number of ketones is 1. The molecular formula is C17H24N2O5S. The zero-order valence-corrected chi connectivity index (χ0v) is 15.4. The van der Waals surface area contributed by atoms with E-state index in [0.29, 0.717) is 31.7 Å². The van der Waals surface area contributed by atoms with Gasteiger partial charge >= 0.3 is 5.97 Å². The molecule has 0 bridgehead atoms. The number of sulfonamides is 1. The van der Waals surface area contributed by atoms with Gasteiger partial charge in [-0.1, -0.05) is 19.1 Å². The second-order valence-corrected chi connectivity index (χ2v) is 7.71. The van der Waals surface area contributed by atoms with Crippen molar-refractivity contribution in [2.45, 2.75) is 25.2 Å². The third kappa shape index (κ3) is 4.87. The lowest BCUT2D eigenvalue weighted by Gasteiger charge is -2.33. The van der Waals surface area contributed by atoms with Gasteiger partial charge in [0.05, 0.1) is 11.5 Å². The number of benzene rings is 1. The Morgan fingerprint density at radius 1 is 1.04 bits per heavy atom. The van der Waals surface area contributed by atoms with Crippen molar-refractivity contribution in [1.82, 2.24) is 9.21 Å². The highest BCUT2D eigenvalue weighted by Gasteiger charge is 2.28. The second-order valence-electron chi connectivity index (χ2n) is 5.77. The molecule has 0 amide bonds. The van der Waals surface area contributed by atoms with Crippen LogP contribution in [0.4, 0.5) is 0 Å². The van der Waals surface area contributed by atoms with E-state index >= 15 is 0 Å². The van der Waals surface area contributed by atoms with Crippen LogP contribution < -0.4 is 0 Å². The van der Waals surface area contributed by atoms with E-state index in [-0.39, 0.29) is 23.7 Å². The predicted molar refractivity (Wildman–Crippen MR) is 92.9 cm³/mol. The van der Waals surface area contributed by atoms with Crippen molar-refractivity contribution in [2.24, 2.45) is 0 Å². The molecule has 25 heavy (non-hydrogen) atoms. The Hall–Kier alpha value is -1.77. The summed E-state index contributed by atoms with van der Waals surface area (Å²) in [6, 6.07) is 5.72. The number of carbonyl (C=O) groups excluding carboxylic acids is 2. The molecule has 0 spiro atoms. The Morgan fingerprint density at radius 2 is 1.64 bits per heavy atom. The first kappa shape index (κ1) is 19.6. The summed E-state index contributed by atoms with van der Waals surface area (Å²) in [4.78, 5) is 25.7. The lowest BCUT2D eigenvalue weighted by atomic mass is 10.1. The summed E-state index contributed by atoms with van der Waals surface area (Å²) >= 11 is 0. The quantitative estimate of drug-likeness (QED) is 0.408. The van der Waals surface area contributed by atoms with Crippen molar-refractivity contribution >= 4 is 21.8 Å². The molecule has 1 aliphatic rings. The fourth-order valence-corrected chi connectivity index (χ4v) is 4.12. The van der Waals surface area contributed by atoms with E-state index in [1.54, 1.807) is 6.92 Å². The molecule has 2 rings (SSSR count). The number of rotatable bonds is 7. The number of carbonyl (C=O) groups is 2. The van der Waals surface area contributed by atoms with Crippen LogP contribution in [0.25, 0.3) is 0 Å². The first-order valence-corrected chi connectivity index (χ1v) is 9.83. The Labute approximate surface area is 148 Å². The number of nitrogens with zero attached hydrogens (tertiary/aromatic N) is 2. The van der Waals surface area contributed by atoms with Crippen molar-refractivity contribution in [2.75, 3.05) is 39.3 Å². The van der Waals surface area contributed by atoms with Crippen molar-refractivity contribution in [3.8, 4) is 0 Å². The normalized spacial score (nSPS) is 16.6. The van der Waals surface area contributed by atoms with Gasteiger partial charge in [0.25, 0.3) is 0 Å². The minimum Gasteiger partial charge on any atom is -0.466 e. The maximum atomic E-state index is 12.7. The summed E-state index contributed by atoms with van der Waals surface area (Å²) in [5.74, 6) is -0.975. The van der Waals surface area contributed by atoms with Gasteiger partial charge in [-0.2, -0.15) is 4.31 Å². The van der Waals surface area contributed by atoms with Gasteiger partial charge in [-0.25, -0.2) is 8.42 Å². The summed E-state index contributed by atoms with van der Waals surface area (Å²) in [5.41, 5.74) is 0.294. The van der Waals surface area contributed by atoms with Crippen LogP contribution in [0.3, 0.4) is 0 Å². The van der Waals surface area contributed by atoms with Crippen molar-refractivity contribution < 1.29 is 22.7 Å². The molecule has 1 saturated heterocycles. The number of piperazine rings is 1. The average molecular weight is 368 g/mol. The third-order valence-electron chi connectivity index (χ3n) is 4.20. The minimum atomic E-state index is -3.56. The van der Waals surface area contributed by atoms with E-state index in [4.69, 9.17) is 4.74 Å². The van der Waals surface area contributed by atoms with Crippen LogP contribution in [0, 0.1) is 0 Å². The van der Waals surface area contributed by atoms with Crippen LogP contribution in [0.15, 0.2) is 29.2 Å². The first-order valence-electron chi connectivity index (χ1n) is 8.39. The maximum absolute atomic E-state index is 12.7. The van der Waals surface area contributed by atoms with E-state index in [9.17, 15) is 18.0 Å². The number of Topliss-reactive ketones (excluding diaryl/α,β-unsaturated/α-hetero) is 1. The van der Waals surface area contributed by atoms with Crippen LogP contribution in [0.1, 0.15) is 30.6 Å². The Kier molecular flexibility index (Phi) is 6.69. The molecule has 1 aliphatic heterocycles. The van der Waals surface area contributed by atoms with Crippen LogP contribution in [0.2, 0.25) is 0 Å². The number of esters is 1. The molecule has 1 heterocycles. The summed E-state index contributed by atoms with van der Waals surface area (Å²) in [6.07, 6.45) is -0.348. The molecule has 0 aliphatic carbocycles. The average Bonchev–Trinajstić information content (AvgIpc) is 2.62. The highest BCUT2D eigenvalue weighted by atomic mass is 32.2. The van der Waals surface area contributed by atoms with Crippen LogP contribution in [-0.2, 0) is 19.6 Å². The molecule has 0 aromatic heterocycles. The third-order valence-corrected chi connectivity index (χ3v) is 6.12. The minimum absolute atomic E-state index is 0.158. The molecule has 8 heteroatoms. The Morgan fingerprint density at radius 3 is 2.16 bits per heavy atom. The topological polar surface area (TPSA) is 84.0 Å². The van der Waals surface area contributed by atoms with Gasteiger partial charge in [0.2, 0.25) is 10.0 Å². The van der Waals surface area contributed by atoms with Crippen LogP contribution in [-0.4, -0.2) is 68.7 Å².